The second-order valence-corrected chi connectivity index (χ2v) is 7.39. The molecule has 1 aromatic heterocycles. The van der Waals surface area contributed by atoms with Crippen LogP contribution in [0.4, 0.5) is 14.5 Å². The number of anilines is 1. The van der Waals surface area contributed by atoms with Crippen molar-refractivity contribution in [1.82, 2.24) is 9.88 Å². The van der Waals surface area contributed by atoms with Gasteiger partial charge in [0.25, 0.3) is 0 Å². The summed E-state index contributed by atoms with van der Waals surface area (Å²) in [6, 6.07) is 10.9. The van der Waals surface area contributed by atoms with E-state index in [4.69, 9.17) is 0 Å². The Balaban J connectivity index is 1.61. The third-order valence-corrected chi connectivity index (χ3v) is 5.55. The summed E-state index contributed by atoms with van der Waals surface area (Å²) in [6.07, 6.45) is 3.77. The first-order valence-corrected chi connectivity index (χ1v) is 9.63. The first kappa shape index (κ1) is 20.0. The van der Waals surface area contributed by atoms with Crippen LogP contribution in [0.1, 0.15) is 27.5 Å². The van der Waals surface area contributed by atoms with Gasteiger partial charge in [-0.25, -0.2) is 13.6 Å². The molecule has 3 aromatic rings. The Morgan fingerprint density at radius 1 is 1.23 bits per heavy atom. The number of carbonyl (C=O) groups is 1. The zero-order chi connectivity index (χ0) is 21.3. The Bertz CT molecular complexity index is 1100. The van der Waals surface area contributed by atoms with Gasteiger partial charge in [0.1, 0.15) is 11.6 Å². The van der Waals surface area contributed by atoms with Crippen molar-refractivity contribution in [2.45, 2.75) is 12.5 Å². The third-order valence-electron chi connectivity index (χ3n) is 5.55. The zero-order valence-electron chi connectivity index (χ0n) is 16.4. The molecule has 0 amide bonds. The van der Waals surface area contributed by atoms with Crippen molar-refractivity contribution >= 4 is 11.7 Å². The molecule has 4 rings (SSSR count). The summed E-state index contributed by atoms with van der Waals surface area (Å²) >= 11 is 0. The molecular weight excluding hydrogens is 388 g/mol. The van der Waals surface area contributed by atoms with Crippen molar-refractivity contribution in [3.63, 3.8) is 0 Å². The van der Waals surface area contributed by atoms with Gasteiger partial charge in [0.2, 0.25) is 0 Å². The van der Waals surface area contributed by atoms with E-state index >= 15 is 0 Å². The van der Waals surface area contributed by atoms with Gasteiger partial charge in [-0.1, -0.05) is 18.2 Å². The molecule has 0 aliphatic carbocycles. The smallest absolute Gasteiger partial charge is 0.337 e. The predicted molar refractivity (Wildman–Crippen MR) is 111 cm³/mol. The number of aromatic carboxylic acids is 1. The summed E-state index contributed by atoms with van der Waals surface area (Å²) in [5, 5.41) is 12.6. The topological polar surface area (TPSA) is 65.5 Å². The summed E-state index contributed by atoms with van der Waals surface area (Å²) in [5.41, 5.74) is 3.92. The number of halogens is 2. The number of rotatable bonds is 5. The molecule has 5 nitrogen and oxygen atoms in total. The molecule has 0 fully saturated rings. The molecule has 30 heavy (non-hydrogen) atoms. The second kappa shape index (κ2) is 8.20. The molecule has 0 spiro atoms. The Kier molecular flexibility index (Phi) is 5.46. The van der Waals surface area contributed by atoms with Gasteiger partial charge in [-0.05, 0) is 48.4 Å². The fourth-order valence-electron chi connectivity index (χ4n) is 3.92. The highest BCUT2D eigenvalue weighted by atomic mass is 19.1. The minimum Gasteiger partial charge on any atom is -0.478 e. The number of carboxylic acid groups (broad SMARTS) is 1. The van der Waals surface area contributed by atoms with Crippen LogP contribution in [0.3, 0.4) is 0 Å². The number of likely N-dealkylation sites (N-methyl/N-ethyl adjacent to an activating group) is 1. The SMILES string of the molecule is CN1CCc2cc(-c3ccc(F)cc3F)ccc2C1CNc1cnccc1C(=O)O. The van der Waals surface area contributed by atoms with Crippen molar-refractivity contribution in [1.29, 1.82) is 0 Å². The van der Waals surface area contributed by atoms with Gasteiger partial charge in [-0.15, -0.1) is 0 Å². The van der Waals surface area contributed by atoms with Crippen molar-refractivity contribution in [3.8, 4) is 11.1 Å². The number of nitrogens with one attached hydrogen (secondary N) is 1. The maximum atomic E-state index is 14.2. The summed E-state index contributed by atoms with van der Waals surface area (Å²) in [6.45, 7) is 1.31. The first-order valence-electron chi connectivity index (χ1n) is 9.63. The van der Waals surface area contributed by atoms with Gasteiger partial charge in [0.15, 0.2) is 0 Å². The van der Waals surface area contributed by atoms with Crippen molar-refractivity contribution in [3.05, 3.63) is 83.2 Å². The van der Waals surface area contributed by atoms with E-state index in [2.05, 4.69) is 15.2 Å². The van der Waals surface area contributed by atoms with E-state index in [1.165, 1.54) is 30.6 Å². The number of aromatic nitrogens is 1. The predicted octanol–water partition coefficient (Wildman–Crippen LogP) is 4.37. The average Bonchev–Trinajstić information content (AvgIpc) is 2.73. The maximum absolute atomic E-state index is 14.2. The van der Waals surface area contributed by atoms with Crippen LogP contribution in [0.2, 0.25) is 0 Å². The maximum Gasteiger partial charge on any atom is 0.337 e. The van der Waals surface area contributed by atoms with Crippen LogP contribution < -0.4 is 5.32 Å². The van der Waals surface area contributed by atoms with Crippen LogP contribution in [0, 0.1) is 11.6 Å². The van der Waals surface area contributed by atoms with Gasteiger partial charge < -0.3 is 10.4 Å². The molecule has 0 radical (unpaired) electrons. The number of carboxylic acids is 1. The van der Waals surface area contributed by atoms with Crippen LogP contribution in [-0.2, 0) is 6.42 Å². The van der Waals surface area contributed by atoms with Crippen LogP contribution in [0.25, 0.3) is 11.1 Å². The summed E-state index contributed by atoms with van der Waals surface area (Å²) in [4.78, 5) is 17.6. The second-order valence-electron chi connectivity index (χ2n) is 7.39. The number of pyridine rings is 1. The van der Waals surface area contributed by atoms with E-state index in [0.29, 0.717) is 23.4 Å². The number of fused-ring (bicyclic) bond motifs is 1. The average molecular weight is 409 g/mol. The molecule has 0 saturated heterocycles. The zero-order valence-corrected chi connectivity index (χ0v) is 16.4. The highest BCUT2D eigenvalue weighted by Gasteiger charge is 2.25. The Labute approximate surface area is 173 Å². The van der Waals surface area contributed by atoms with E-state index in [0.717, 1.165) is 30.2 Å². The molecule has 154 valence electrons. The number of benzene rings is 2. The summed E-state index contributed by atoms with van der Waals surface area (Å²) < 4.78 is 27.4. The molecule has 2 aromatic carbocycles. The fraction of sp³-hybridized carbons (Fsp3) is 0.217. The monoisotopic (exact) mass is 409 g/mol. The highest BCUT2D eigenvalue weighted by molar-refractivity contribution is 5.93. The van der Waals surface area contributed by atoms with E-state index < -0.39 is 17.6 Å². The third kappa shape index (κ3) is 3.89. The van der Waals surface area contributed by atoms with Crippen molar-refractivity contribution in [2.75, 3.05) is 25.5 Å². The molecule has 0 bridgehead atoms. The molecule has 1 unspecified atom stereocenters. The van der Waals surface area contributed by atoms with E-state index in [-0.39, 0.29) is 11.6 Å². The summed E-state index contributed by atoms with van der Waals surface area (Å²) in [7, 11) is 2.02. The van der Waals surface area contributed by atoms with Gasteiger partial charge in [-0.2, -0.15) is 0 Å². The molecule has 1 aliphatic rings. The van der Waals surface area contributed by atoms with Gasteiger partial charge in [-0.3, -0.25) is 9.88 Å². The Morgan fingerprint density at radius 2 is 2.07 bits per heavy atom. The standard InChI is InChI=1S/C23H21F2N3O2/c1-28-9-7-15-10-14(17-5-3-16(24)11-20(17)25)2-4-18(15)22(28)13-27-21-12-26-8-6-19(21)23(29)30/h2-6,8,10-12,22,27H,7,9,13H2,1H3,(H,29,30). The van der Waals surface area contributed by atoms with Crippen LogP contribution in [-0.4, -0.2) is 41.1 Å². The number of hydrogen-bond acceptors (Lipinski definition) is 4. The number of hydrogen-bond donors (Lipinski definition) is 2. The molecule has 1 aliphatic heterocycles. The lowest BCUT2D eigenvalue weighted by Gasteiger charge is -2.35. The molecular formula is C23H21F2N3O2. The molecule has 2 heterocycles. The fourth-order valence-corrected chi connectivity index (χ4v) is 3.92. The van der Waals surface area contributed by atoms with E-state index in [1.807, 2.05) is 25.2 Å². The summed E-state index contributed by atoms with van der Waals surface area (Å²) in [5.74, 6) is -2.19. The Morgan fingerprint density at radius 3 is 2.83 bits per heavy atom. The molecule has 2 N–H and O–H groups in total. The van der Waals surface area contributed by atoms with Crippen LogP contribution in [0.15, 0.2) is 54.9 Å². The van der Waals surface area contributed by atoms with Gasteiger partial charge in [0.05, 0.1) is 23.5 Å². The quantitative estimate of drug-likeness (QED) is 0.655. The first-order chi connectivity index (χ1) is 14.4. The van der Waals surface area contributed by atoms with E-state index in [9.17, 15) is 18.7 Å². The van der Waals surface area contributed by atoms with Crippen LogP contribution >= 0.6 is 0 Å². The minimum atomic E-state index is -1.01. The number of nitrogens with zero attached hydrogens (tertiary/aromatic N) is 2. The highest BCUT2D eigenvalue weighted by Crippen LogP contribution is 2.33. The van der Waals surface area contributed by atoms with Gasteiger partial charge in [0, 0.05) is 30.9 Å². The lowest BCUT2D eigenvalue weighted by Crippen LogP contribution is -2.36. The normalized spacial score (nSPS) is 16.2. The molecule has 1 atom stereocenters. The lowest BCUT2D eigenvalue weighted by atomic mass is 9.89. The van der Waals surface area contributed by atoms with Gasteiger partial charge >= 0.3 is 5.97 Å². The van der Waals surface area contributed by atoms with Crippen molar-refractivity contribution < 1.29 is 18.7 Å². The van der Waals surface area contributed by atoms with Crippen molar-refractivity contribution in [2.24, 2.45) is 0 Å². The molecule has 7 heteroatoms. The molecule has 0 saturated carbocycles. The lowest BCUT2D eigenvalue weighted by molar-refractivity contribution is 0.0697. The van der Waals surface area contributed by atoms with E-state index in [1.54, 1.807) is 0 Å². The minimum absolute atomic E-state index is 0.0164. The largest absolute Gasteiger partial charge is 0.478 e. The van der Waals surface area contributed by atoms with Crippen LogP contribution in [0.5, 0.6) is 0 Å². The Hall–Kier alpha value is -3.32.